The number of hydrogen-bond donors (Lipinski definition) is 3. The molecule has 0 fully saturated rings. The van der Waals surface area contributed by atoms with Gasteiger partial charge in [-0.3, -0.25) is 4.79 Å². The van der Waals surface area contributed by atoms with Crippen LogP contribution in [-0.2, 0) is 11.2 Å². The maximum atomic E-state index is 12.0. The van der Waals surface area contributed by atoms with Gasteiger partial charge in [-0.25, -0.2) is 4.98 Å². The first-order valence-corrected chi connectivity index (χ1v) is 8.15. The fraction of sp³-hybridized carbons (Fsp3) is 0.263. The Morgan fingerprint density at radius 3 is 2.75 bits per heavy atom. The summed E-state index contributed by atoms with van der Waals surface area (Å²) < 4.78 is 0. The van der Waals surface area contributed by atoms with Crippen molar-refractivity contribution in [1.29, 1.82) is 0 Å². The van der Waals surface area contributed by atoms with Gasteiger partial charge in [-0.2, -0.15) is 0 Å². The molecule has 3 aromatic rings. The lowest BCUT2D eigenvalue weighted by molar-refractivity contribution is -0.121. The van der Waals surface area contributed by atoms with E-state index in [2.05, 4.69) is 15.3 Å². The Kier molecular flexibility index (Phi) is 4.91. The fourth-order valence-electron chi connectivity index (χ4n) is 2.71. The van der Waals surface area contributed by atoms with Crippen LogP contribution in [0.4, 0.5) is 0 Å². The third kappa shape index (κ3) is 3.81. The molecular formula is C19H22N4O. The Balaban J connectivity index is 1.51. The van der Waals surface area contributed by atoms with Crippen molar-refractivity contribution in [3.63, 3.8) is 0 Å². The molecule has 3 rings (SSSR count). The van der Waals surface area contributed by atoms with Gasteiger partial charge in [0, 0.05) is 25.4 Å². The van der Waals surface area contributed by atoms with Crippen LogP contribution in [0, 0.1) is 6.92 Å². The largest absolute Gasteiger partial charge is 0.354 e. The molecule has 0 bridgehead atoms. The highest BCUT2D eigenvalue weighted by atomic mass is 16.1. The van der Waals surface area contributed by atoms with Gasteiger partial charge in [0.05, 0.1) is 11.0 Å². The van der Waals surface area contributed by atoms with Gasteiger partial charge in [0.2, 0.25) is 5.91 Å². The highest BCUT2D eigenvalue weighted by Crippen LogP contribution is 2.16. The lowest BCUT2D eigenvalue weighted by Gasteiger charge is -2.12. The minimum absolute atomic E-state index is 0.0152. The molecule has 5 heteroatoms. The van der Waals surface area contributed by atoms with Crippen molar-refractivity contribution >= 4 is 16.9 Å². The number of fused-ring (bicyclic) bond motifs is 1. The van der Waals surface area contributed by atoms with E-state index in [-0.39, 0.29) is 11.9 Å². The number of nitrogens with two attached hydrogens (primary N) is 1. The molecule has 24 heavy (non-hydrogen) atoms. The Labute approximate surface area is 141 Å². The molecular weight excluding hydrogens is 300 g/mol. The van der Waals surface area contributed by atoms with Crippen LogP contribution in [0.5, 0.6) is 0 Å². The first-order valence-electron chi connectivity index (χ1n) is 8.15. The summed E-state index contributed by atoms with van der Waals surface area (Å²) in [7, 11) is 0. The maximum absolute atomic E-state index is 12.0. The number of aryl methyl sites for hydroxylation is 2. The third-order valence-electron chi connectivity index (χ3n) is 4.10. The summed E-state index contributed by atoms with van der Waals surface area (Å²) in [5.41, 5.74) is 10.2. The van der Waals surface area contributed by atoms with Gasteiger partial charge in [0.15, 0.2) is 0 Å². The van der Waals surface area contributed by atoms with Gasteiger partial charge in [0.1, 0.15) is 5.82 Å². The number of para-hydroxylation sites is 1. The van der Waals surface area contributed by atoms with E-state index >= 15 is 0 Å². The predicted octanol–water partition coefficient (Wildman–Crippen LogP) is 2.62. The number of carbonyl (C=O) groups is 1. The molecule has 5 nitrogen and oxygen atoms in total. The summed E-state index contributed by atoms with van der Waals surface area (Å²) in [5, 5.41) is 2.89. The number of aromatic nitrogens is 2. The SMILES string of the molecule is Cc1cccc2[nH]c(CCC(=O)NCC(N)c3ccccc3)nc12. The van der Waals surface area contributed by atoms with E-state index in [4.69, 9.17) is 5.73 Å². The summed E-state index contributed by atoms with van der Waals surface area (Å²) in [6, 6.07) is 15.6. The first-order chi connectivity index (χ1) is 11.6. The van der Waals surface area contributed by atoms with Crippen molar-refractivity contribution in [2.75, 3.05) is 6.54 Å². The van der Waals surface area contributed by atoms with Gasteiger partial charge in [0.25, 0.3) is 0 Å². The van der Waals surface area contributed by atoms with Crippen LogP contribution in [0.1, 0.15) is 29.4 Å². The number of nitrogens with zero attached hydrogens (tertiary/aromatic N) is 1. The van der Waals surface area contributed by atoms with Crippen LogP contribution < -0.4 is 11.1 Å². The van der Waals surface area contributed by atoms with Crippen LogP contribution in [0.15, 0.2) is 48.5 Å². The lowest BCUT2D eigenvalue weighted by atomic mass is 10.1. The van der Waals surface area contributed by atoms with Crippen LogP contribution in [0.3, 0.4) is 0 Å². The minimum atomic E-state index is -0.191. The number of hydrogen-bond acceptors (Lipinski definition) is 3. The van der Waals surface area contributed by atoms with E-state index in [0.717, 1.165) is 28.0 Å². The van der Waals surface area contributed by atoms with E-state index in [1.807, 2.05) is 55.5 Å². The molecule has 1 unspecified atom stereocenters. The predicted molar refractivity (Wildman–Crippen MR) is 95.5 cm³/mol. The summed E-state index contributed by atoms with van der Waals surface area (Å²) in [6.45, 7) is 2.46. The quantitative estimate of drug-likeness (QED) is 0.652. The second-order valence-corrected chi connectivity index (χ2v) is 5.98. The molecule has 1 aromatic heterocycles. The molecule has 0 aliphatic rings. The number of benzene rings is 2. The fourth-order valence-corrected chi connectivity index (χ4v) is 2.71. The highest BCUT2D eigenvalue weighted by Gasteiger charge is 2.10. The van der Waals surface area contributed by atoms with Crippen LogP contribution >= 0.6 is 0 Å². The van der Waals surface area contributed by atoms with Crippen LogP contribution in [-0.4, -0.2) is 22.4 Å². The Morgan fingerprint density at radius 1 is 1.21 bits per heavy atom. The van der Waals surface area contributed by atoms with Gasteiger partial charge in [-0.1, -0.05) is 42.5 Å². The number of rotatable bonds is 6. The molecule has 124 valence electrons. The number of carbonyl (C=O) groups excluding carboxylic acids is 1. The van der Waals surface area contributed by atoms with Gasteiger partial charge >= 0.3 is 0 Å². The van der Waals surface area contributed by atoms with Crippen molar-refractivity contribution in [3.8, 4) is 0 Å². The van der Waals surface area contributed by atoms with Crippen molar-refractivity contribution in [1.82, 2.24) is 15.3 Å². The van der Waals surface area contributed by atoms with E-state index < -0.39 is 0 Å². The number of amides is 1. The standard InChI is InChI=1S/C19H22N4O/c1-13-6-5-9-16-19(13)23-17(22-16)10-11-18(24)21-12-15(20)14-7-3-2-4-8-14/h2-9,15H,10-12,20H2,1H3,(H,21,24)(H,22,23). The van der Waals surface area contributed by atoms with Crippen molar-refractivity contribution in [3.05, 3.63) is 65.5 Å². The normalized spacial score (nSPS) is 12.2. The molecule has 0 spiro atoms. The minimum Gasteiger partial charge on any atom is -0.354 e. The Bertz CT molecular complexity index is 826. The number of imidazole rings is 1. The van der Waals surface area contributed by atoms with Crippen molar-refractivity contribution in [2.24, 2.45) is 5.73 Å². The molecule has 0 radical (unpaired) electrons. The molecule has 0 saturated carbocycles. The van der Waals surface area contributed by atoms with E-state index in [0.29, 0.717) is 19.4 Å². The first kappa shape index (κ1) is 16.2. The summed E-state index contributed by atoms with van der Waals surface area (Å²) in [6.07, 6.45) is 0.973. The molecule has 1 amide bonds. The second-order valence-electron chi connectivity index (χ2n) is 5.98. The van der Waals surface area contributed by atoms with Gasteiger partial charge < -0.3 is 16.0 Å². The molecule has 1 heterocycles. The van der Waals surface area contributed by atoms with E-state index in [1.54, 1.807) is 0 Å². The zero-order chi connectivity index (χ0) is 16.9. The topological polar surface area (TPSA) is 83.8 Å². The average molecular weight is 322 g/mol. The lowest BCUT2D eigenvalue weighted by Crippen LogP contribution is -2.32. The number of aromatic amines is 1. The van der Waals surface area contributed by atoms with E-state index in [9.17, 15) is 4.79 Å². The van der Waals surface area contributed by atoms with Crippen molar-refractivity contribution in [2.45, 2.75) is 25.8 Å². The van der Waals surface area contributed by atoms with Gasteiger partial charge in [-0.15, -0.1) is 0 Å². The van der Waals surface area contributed by atoms with Gasteiger partial charge in [-0.05, 0) is 24.1 Å². The van der Waals surface area contributed by atoms with E-state index in [1.165, 1.54) is 0 Å². The number of H-pyrrole nitrogens is 1. The molecule has 0 aliphatic heterocycles. The zero-order valence-electron chi connectivity index (χ0n) is 13.8. The highest BCUT2D eigenvalue weighted by molar-refractivity contribution is 5.79. The molecule has 0 saturated heterocycles. The molecule has 4 N–H and O–H groups in total. The Morgan fingerprint density at radius 2 is 2.00 bits per heavy atom. The second kappa shape index (κ2) is 7.27. The number of nitrogens with one attached hydrogen (secondary N) is 2. The Hall–Kier alpha value is -2.66. The molecule has 0 aliphatic carbocycles. The molecule has 2 aromatic carbocycles. The summed E-state index contributed by atoms with van der Waals surface area (Å²) in [4.78, 5) is 19.9. The summed E-state index contributed by atoms with van der Waals surface area (Å²) >= 11 is 0. The van der Waals surface area contributed by atoms with Crippen LogP contribution in [0.25, 0.3) is 11.0 Å². The summed E-state index contributed by atoms with van der Waals surface area (Å²) in [5.74, 6) is 0.820. The third-order valence-corrected chi connectivity index (χ3v) is 4.10. The monoisotopic (exact) mass is 322 g/mol. The maximum Gasteiger partial charge on any atom is 0.220 e. The van der Waals surface area contributed by atoms with Crippen LogP contribution in [0.2, 0.25) is 0 Å². The smallest absolute Gasteiger partial charge is 0.220 e. The molecule has 1 atom stereocenters. The zero-order valence-corrected chi connectivity index (χ0v) is 13.8. The van der Waals surface area contributed by atoms with Crippen molar-refractivity contribution < 1.29 is 4.79 Å². The average Bonchev–Trinajstić information content (AvgIpc) is 3.03.